The zero-order chi connectivity index (χ0) is 20.4. The molecule has 10 heteroatoms. The molecule has 0 N–H and O–H groups in total. The lowest BCUT2D eigenvalue weighted by atomic mass is 10.1. The van der Waals surface area contributed by atoms with Crippen LogP contribution in [0.15, 0.2) is 20.4 Å². The summed E-state index contributed by atoms with van der Waals surface area (Å²) in [5, 5.41) is 3.85. The Balaban J connectivity index is 1.57. The van der Waals surface area contributed by atoms with Crippen molar-refractivity contribution in [2.75, 3.05) is 6.61 Å². The summed E-state index contributed by atoms with van der Waals surface area (Å²) in [6, 6.07) is 0. The van der Waals surface area contributed by atoms with E-state index in [2.05, 4.69) is 10.1 Å². The van der Waals surface area contributed by atoms with Crippen LogP contribution in [0.2, 0.25) is 0 Å². The third-order valence-corrected chi connectivity index (χ3v) is 4.75. The lowest BCUT2D eigenvalue weighted by Gasteiger charge is -2.09. The Labute approximate surface area is 160 Å². The van der Waals surface area contributed by atoms with Gasteiger partial charge in [0.1, 0.15) is 5.76 Å². The van der Waals surface area contributed by atoms with Crippen molar-refractivity contribution < 1.29 is 14.1 Å². The van der Waals surface area contributed by atoms with Crippen molar-refractivity contribution in [2.45, 2.75) is 39.7 Å². The summed E-state index contributed by atoms with van der Waals surface area (Å²) in [5.74, 6) is 0.355. The van der Waals surface area contributed by atoms with Crippen LogP contribution in [0.1, 0.15) is 29.9 Å². The molecule has 0 atom stereocenters. The second kappa shape index (κ2) is 7.83. The average Bonchev–Trinajstić information content (AvgIpc) is 3.20. The standard InChI is InChI=1S/C18H23N5O5/c1-11-13(12(2)28-20-11)6-7-14(24)27-9-5-8-23-17(25)15-16(19-10-21(15)3)22(4)18(23)26/h10H,5-9H2,1-4H3. The van der Waals surface area contributed by atoms with Gasteiger partial charge in [0.25, 0.3) is 5.56 Å². The maximum atomic E-state index is 12.6. The van der Waals surface area contributed by atoms with Gasteiger partial charge in [0.15, 0.2) is 11.2 Å². The van der Waals surface area contributed by atoms with Gasteiger partial charge in [-0.05, 0) is 26.7 Å². The summed E-state index contributed by atoms with van der Waals surface area (Å²) in [5.41, 5.74) is 1.55. The molecule has 0 aromatic carbocycles. The fourth-order valence-electron chi connectivity index (χ4n) is 3.16. The first-order chi connectivity index (χ1) is 13.3. The number of hydrogen-bond acceptors (Lipinski definition) is 7. The number of hydrogen-bond donors (Lipinski definition) is 0. The highest BCUT2D eigenvalue weighted by Gasteiger charge is 2.15. The number of carbonyl (C=O) groups is 1. The molecule has 0 saturated carbocycles. The fourth-order valence-corrected chi connectivity index (χ4v) is 3.16. The minimum atomic E-state index is -0.444. The first-order valence-electron chi connectivity index (χ1n) is 8.99. The summed E-state index contributed by atoms with van der Waals surface area (Å²) < 4.78 is 14.4. The van der Waals surface area contributed by atoms with Crippen molar-refractivity contribution in [1.29, 1.82) is 0 Å². The molecule has 0 aliphatic rings. The van der Waals surface area contributed by atoms with E-state index in [1.807, 2.05) is 6.92 Å². The molecule has 28 heavy (non-hydrogen) atoms. The summed E-state index contributed by atoms with van der Waals surface area (Å²) >= 11 is 0. The van der Waals surface area contributed by atoms with Crippen LogP contribution in [0, 0.1) is 13.8 Å². The van der Waals surface area contributed by atoms with Gasteiger partial charge in [-0.3, -0.25) is 18.7 Å². The van der Waals surface area contributed by atoms with Crippen LogP contribution in [-0.2, 0) is 36.6 Å². The zero-order valence-electron chi connectivity index (χ0n) is 16.4. The van der Waals surface area contributed by atoms with Crippen LogP contribution in [0.25, 0.3) is 11.2 Å². The number of carbonyl (C=O) groups excluding carboxylic acids is 1. The van der Waals surface area contributed by atoms with Gasteiger partial charge in [-0.2, -0.15) is 0 Å². The molecule has 150 valence electrons. The molecule has 0 aliphatic heterocycles. The van der Waals surface area contributed by atoms with Crippen molar-refractivity contribution in [1.82, 2.24) is 23.8 Å². The van der Waals surface area contributed by atoms with Crippen LogP contribution < -0.4 is 11.2 Å². The Morgan fingerprint density at radius 3 is 2.68 bits per heavy atom. The summed E-state index contributed by atoms with van der Waals surface area (Å²) in [4.78, 5) is 41.0. The van der Waals surface area contributed by atoms with E-state index in [-0.39, 0.29) is 25.5 Å². The number of imidazole rings is 1. The second-order valence-electron chi connectivity index (χ2n) is 6.70. The van der Waals surface area contributed by atoms with Gasteiger partial charge in [0.2, 0.25) is 0 Å². The van der Waals surface area contributed by atoms with E-state index in [9.17, 15) is 14.4 Å². The molecule has 3 rings (SSSR count). The SMILES string of the molecule is Cc1noc(C)c1CCC(=O)OCCCn1c(=O)c2c(ncn2C)n(C)c1=O. The molecule has 0 fully saturated rings. The molecule has 0 spiro atoms. The molecule has 10 nitrogen and oxygen atoms in total. The van der Waals surface area contributed by atoms with Crippen LogP contribution in [0.3, 0.4) is 0 Å². The van der Waals surface area contributed by atoms with Crippen molar-refractivity contribution in [2.24, 2.45) is 14.1 Å². The minimum Gasteiger partial charge on any atom is -0.466 e. The van der Waals surface area contributed by atoms with Crippen molar-refractivity contribution in [3.05, 3.63) is 44.2 Å². The van der Waals surface area contributed by atoms with E-state index in [0.29, 0.717) is 29.8 Å². The third-order valence-electron chi connectivity index (χ3n) is 4.75. The average molecular weight is 389 g/mol. The maximum Gasteiger partial charge on any atom is 0.332 e. The number of aryl methyl sites for hydroxylation is 4. The van der Waals surface area contributed by atoms with Gasteiger partial charge in [-0.1, -0.05) is 5.16 Å². The summed E-state index contributed by atoms with van der Waals surface area (Å²) in [6.45, 7) is 3.91. The number of aromatic nitrogens is 5. The molecular weight excluding hydrogens is 366 g/mol. The van der Waals surface area contributed by atoms with E-state index in [1.54, 1.807) is 25.6 Å². The van der Waals surface area contributed by atoms with E-state index in [0.717, 1.165) is 15.8 Å². The predicted octanol–water partition coefficient (Wildman–Crippen LogP) is 0.605. The number of ether oxygens (including phenoxy) is 1. The Bertz CT molecular complexity index is 1110. The lowest BCUT2D eigenvalue weighted by molar-refractivity contribution is -0.143. The molecule has 0 aliphatic carbocycles. The van der Waals surface area contributed by atoms with Crippen LogP contribution >= 0.6 is 0 Å². The van der Waals surface area contributed by atoms with Crippen molar-refractivity contribution in [3.8, 4) is 0 Å². The van der Waals surface area contributed by atoms with Gasteiger partial charge in [-0.15, -0.1) is 0 Å². The Hall–Kier alpha value is -3.17. The topological polar surface area (TPSA) is 114 Å². The highest BCUT2D eigenvalue weighted by Crippen LogP contribution is 2.14. The fraction of sp³-hybridized carbons (Fsp3) is 0.500. The summed E-state index contributed by atoms with van der Waals surface area (Å²) in [6.07, 6.45) is 2.56. The Morgan fingerprint density at radius 1 is 1.25 bits per heavy atom. The van der Waals surface area contributed by atoms with Crippen LogP contribution in [0.4, 0.5) is 0 Å². The lowest BCUT2D eigenvalue weighted by Crippen LogP contribution is -2.39. The molecule has 3 heterocycles. The zero-order valence-corrected chi connectivity index (χ0v) is 16.4. The highest BCUT2D eigenvalue weighted by molar-refractivity contribution is 5.70. The van der Waals surface area contributed by atoms with Crippen LogP contribution in [0.5, 0.6) is 0 Å². The quantitative estimate of drug-likeness (QED) is 0.429. The Morgan fingerprint density at radius 2 is 2.00 bits per heavy atom. The molecular formula is C18H23N5O5. The molecule has 0 amide bonds. The Kier molecular flexibility index (Phi) is 5.48. The van der Waals surface area contributed by atoms with E-state index in [1.165, 1.54) is 10.9 Å². The monoisotopic (exact) mass is 389 g/mol. The second-order valence-corrected chi connectivity index (χ2v) is 6.70. The smallest absolute Gasteiger partial charge is 0.332 e. The molecule has 0 unspecified atom stereocenters. The highest BCUT2D eigenvalue weighted by atomic mass is 16.5. The van der Waals surface area contributed by atoms with Crippen molar-refractivity contribution >= 4 is 17.1 Å². The molecule has 3 aromatic heterocycles. The molecule has 0 radical (unpaired) electrons. The first kappa shape index (κ1) is 19.6. The number of esters is 1. The van der Waals surface area contributed by atoms with Crippen LogP contribution in [-0.4, -0.2) is 36.4 Å². The van der Waals surface area contributed by atoms with E-state index < -0.39 is 11.2 Å². The minimum absolute atomic E-state index is 0.124. The van der Waals surface area contributed by atoms with Crippen molar-refractivity contribution in [3.63, 3.8) is 0 Å². The van der Waals surface area contributed by atoms with Gasteiger partial charge in [0.05, 0.1) is 18.6 Å². The number of nitrogens with zero attached hydrogens (tertiary/aromatic N) is 5. The van der Waals surface area contributed by atoms with Gasteiger partial charge in [-0.25, -0.2) is 9.78 Å². The first-order valence-corrected chi connectivity index (χ1v) is 8.99. The largest absolute Gasteiger partial charge is 0.466 e. The number of rotatable bonds is 7. The third kappa shape index (κ3) is 3.62. The van der Waals surface area contributed by atoms with E-state index >= 15 is 0 Å². The van der Waals surface area contributed by atoms with Gasteiger partial charge >= 0.3 is 11.7 Å². The molecule has 0 saturated heterocycles. The normalized spacial score (nSPS) is 11.3. The van der Waals surface area contributed by atoms with Gasteiger partial charge in [0, 0.05) is 32.6 Å². The number of fused-ring (bicyclic) bond motifs is 1. The predicted molar refractivity (Wildman–Crippen MR) is 100 cm³/mol. The molecule has 3 aromatic rings. The maximum absolute atomic E-state index is 12.6. The molecule has 0 bridgehead atoms. The van der Waals surface area contributed by atoms with Gasteiger partial charge < -0.3 is 13.8 Å². The van der Waals surface area contributed by atoms with E-state index in [4.69, 9.17) is 9.26 Å². The summed E-state index contributed by atoms with van der Waals surface area (Å²) in [7, 11) is 3.27.